The second-order valence-corrected chi connectivity index (χ2v) is 5.68. The first-order chi connectivity index (χ1) is 10.2. The third-order valence-corrected chi connectivity index (χ3v) is 4.13. The molecule has 3 rings (SSSR count). The highest BCUT2D eigenvalue weighted by Crippen LogP contribution is 2.27. The Labute approximate surface area is 131 Å². The number of ether oxygens (including phenoxy) is 1. The van der Waals surface area contributed by atoms with Crippen molar-refractivity contribution >= 4 is 27.0 Å². The van der Waals surface area contributed by atoms with Gasteiger partial charge in [-0.3, -0.25) is 0 Å². The monoisotopic (exact) mass is 345 g/mol. The van der Waals surface area contributed by atoms with Gasteiger partial charge in [0.05, 0.1) is 11.6 Å². The van der Waals surface area contributed by atoms with E-state index in [4.69, 9.17) is 10.5 Å². The van der Waals surface area contributed by atoms with E-state index in [1.165, 1.54) is 5.56 Å². The molecular weight excluding hydrogens is 330 g/mol. The Bertz CT molecular complexity index is 782. The van der Waals surface area contributed by atoms with Crippen molar-refractivity contribution in [1.82, 2.24) is 9.55 Å². The maximum absolute atomic E-state index is 5.82. The zero-order valence-electron chi connectivity index (χ0n) is 11.7. The number of methoxy groups -OCH3 is 1. The van der Waals surface area contributed by atoms with Gasteiger partial charge in [-0.25, -0.2) is 4.98 Å². The lowest BCUT2D eigenvalue weighted by atomic mass is 10.2. The Morgan fingerprint density at radius 1 is 1.33 bits per heavy atom. The quantitative estimate of drug-likeness (QED) is 0.789. The molecule has 2 aromatic heterocycles. The standard InChI is InChI=1S/C16H16BrN3O/c1-21-15-5-4-11(7-14(15)17)9-20-10-12(8-18)13-3-2-6-19-16(13)20/h2-7,10H,8-9,18H2,1H3. The summed E-state index contributed by atoms with van der Waals surface area (Å²) < 4.78 is 8.34. The zero-order chi connectivity index (χ0) is 14.8. The molecule has 0 atom stereocenters. The molecule has 0 amide bonds. The molecule has 0 saturated heterocycles. The van der Waals surface area contributed by atoms with E-state index in [0.29, 0.717) is 6.54 Å². The Hall–Kier alpha value is -1.85. The van der Waals surface area contributed by atoms with Crippen LogP contribution in [0, 0.1) is 0 Å². The molecule has 0 saturated carbocycles. The van der Waals surface area contributed by atoms with Gasteiger partial charge < -0.3 is 15.0 Å². The van der Waals surface area contributed by atoms with Crippen LogP contribution in [0.25, 0.3) is 11.0 Å². The highest BCUT2D eigenvalue weighted by molar-refractivity contribution is 9.10. The van der Waals surface area contributed by atoms with Crippen LogP contribution in [0.15, 0.2) is 47.2 Å². The van der Waals surface area contributed by atoms with Crippen molar-refractivity contribution in [3.05, 3.63) is 58.3 Å². The van der Waals surface area contributed by atoms with Gasteiger partial charge in [-0.2, -0.15) is 0 Å². The summed E-state index contributed by atoms with van der Waals surface area (Å²) in [7, 11) is 1.66. The molecule has 0 aliphatic carbocycles. The van der Waals surface area contributed by atoms with Crippen LogP contribution in [-0.2, 0) is 13.1 Å². The summed E-state index contributed by atoms with van der Waals surface area (Å²) in [6.45, 7) is 1.26. The van der Waals surface area contributed by atoms with Gasteiger partial charge in [-0.1, -0.05) is 6.07 Å². The smallest absolute Gasteiger partial charge is 0.140 e. The predicted molar refractivity (Wildman–Crippen MR) is 87.4 cm³/mol. The number of hydrogen-bond acceptors (Lipinski definition) is 3. The second kappa shape index (κ2) is 5.87. The average Bonchev–Trinajstić information content (AvgIpc) is 2.86. The fourth-order valence-electron chi connectivity index (χ4n) is 2.48. The van der Waals surface area contributed by atoms with Crippen molar-refractivity contribution in [2.75, 3.05) is 7.11 Å². The van der Waals surface area contributed by atoms with E-state index in [-0.39, 0.29) is 0 Å². The molecule has 2 N–H and O–H groups in total. The average molecular weight is 346 g/mol. The van der Waals surface area contributed by atoms with Crippen LogP contribution in [0.2, 0.25) is 0 Å². The largest absolute Gasteiger partial charge is 0.496 e. The van der Waals surface area contributed by atoms with Gasteiger partial charge in [0.2, 0.25) is 0 Å². The van der Waals surface area contributed by atoms with Gasteiger partial charge in [0.1, 0.15) is 11.4 Å². The Morgan fingerprint density at radius 2 is 2.19 bits per heavy atom. The summed E-state index contributed by atoms with van der Waals surface area (Å²) in [6, 6.07) is 10.1. The van der Waals surface area contributed by atoms with Crippen molar-refractivity contribution in [3.63, 3.8) is 0 Å². The van der Waals surface area contributed by atoms with Crippen LogP contribution in [0.3, 0.4) is 0 Å². The number of nitrogens with zero attached hydrogens (tertiary/aromatic N) is 2. The molecule has 2 heterocycles. The molecule has 21 heavy (non-hydrogen) atoms. The van der Waals surface area contributed by atoms with Gasteiger partial charge in [-0.05, 0) is 51.3 Å². The van der Waals surface area contributed by atoms with Crippen molar-refractivity contribution < 1.29 is 4.74 Å². The fraction of sp³-hybridized carbons (Fsp3) is 0.188. The summed E-state index contributed by atoms with van der Waals surface area (Å²) in [4.78, 5) is 4.47. The van der Waals surface area contributed by atoms with E-state index in [1.807, 2.05) is 18.3 Å². The summed E-state index contributed by atoms with van der Waals surface area (Å²) in [5.41, 5.74) is 9.07. The number of halogens is 1. The number of hydrogen-bond donors (Lipinski definition) is 1. The first kappa shape index (κ1) is 14.1. The first-order valence-electron chi connectivity index (χ1n) is 6.68. The normalized spacial score (nSPS) is 11.0. The zero-order valence-corrected chi connectivity index (χ0v) is 13.3. The molecule has 0 spiro atoms. The van der Waals surface area contributed by atoms with Crippen molar-refractivity contribution in [3.8, 4) is 5.75 Å². The summed E-state index contributed by atoms with van der Waals surface area (Å²) in [5, 5.41) is 1.12. The first-order valence-corrected chi connectivity index (χ1v) is 7.47. The lowest BCUT2D eigenvalue weighted by Gasteiger charge is -2.08. The minimum atomic E-state index is 0.515. The van der Waals surface area contributed by atoms with Crippen molar-refractivity contribution in [1.29, 1.82) is 0 Å². The van der Waals surface area contributed by atoms with Crippen LogP contribution in [0.1, 0.15) is 11.1 Å². The third kappa shape index (κ3) is 2.66. The maximum atomic E-state index is 5.82. The molecule has 3 aromatic rings. The molecule has 1 aromatic carbocycles. The van der Waals surface area contributed by atoms with Crippen molar-refractivity contribution in [2.45, 2.75) is 13.1 Å². The van der Waals surface area contributed by atoms with Crippen LogP contribution in [-0.4, -0.2) is 16.7 Å². The van der Waals surface area contributed by atoms with E-state index in [0.717, 1.165) is 33.4 Å². The fourth-order valence-corrected chi connectivity index (χ4v) is 3.07. The molecule has 0 fully saturated rings. The van der Waals surface area contributed by atoms with Gasteiger partial charge in [0, 0.05) is 30.9 Å². The SMILES string of the molecule is COc1ccc(Cn2cc(CN)c3cccnc32)cc1Br. The Balaban J connectivity index is 2.00. The predicted octanol–water partition coefficient (Wildman–Crippen LogP) is 3.31. The Morgan fingerprint density at radius 3 is 2.90 bits per heavy atom. The molecule has 0 radical (unpaired) electrons. The molecule has 0 bridgehead atoms. The highest BCUT2D eigenvalue weighted by atomic mass is 79.9. The van der Waals surface area contributed by atoms with Gasteiger partial charge in [0.15, 0.2) is 0 Å². The number of pyridine rings is 1. The second-order valence-electron chi connectivity index (χ2n) is 4.83. The molecule has 0 aliphatic rings. The van der Waals surface area contributed by atoms with E-state index in [9.17, 15) is 0 Å². The number of nitrogens with two attached hydrogens (primary N) is 1. The minimum Gasteiger partial charge on any atom is -0.496 e. The van der Waals surface area contributed by atoms with Crippen LogP contribution < -0.4 is 10.5 Å². The molecule has 5 heteroatoms. The van der Waals surface area contributed by atoms with E-state index < -0.39 is 0 Å². The lowest BCUT2D eigenvalue weighted by molar-refractivity contribution is 0.412. The van der Waals surface area contributed by atoms with Gasteiger partial charge in [0.25, 0.3) is 0 Å². The van der Waals surface area contributed by atoms with Crippen LogP contribution in [0.4, 0.5) is 0 Å². The summed E-state index contributed by atoms with van der Waals surface area (Å²) >= 11 is 3.52. The summed E-state index contributed by atoms with van der Waals surface area (Å²) in [5.74, 6) is 0.830. The number of fused-ring (bicyclic) bond motifs is 1. The maximum Gasteiger partial charge on any atom is 0.140 e. The lowest BCUT2D eigenvalue weighted by Crippen LogP contribution is -2.00. The van der Waals surface area contributed by atoms with E-state index in [2.05, 4.69) is 49.9 Å². The molecule has 0 aliphatic heterocycles. The number of benzene rings is 1. The van der Waals surface area contributed by atoms with Crippen LogP contribution in [0.5, 0.6) is 5.75 Å². The van der Waals surface area contributed by atoms with Crippen molar-refractivity contribution in [2.24, 2.45) is 5.73 Å². The minimum absolute atomic E-state index is 0.515. The highest BCUT2D eigenvalue weighted by Gasteiger charge is 2.09. The number of rotatable bonds is 4. The molecular formula is C16H16BrN3O. The topological polar surface area (TPSA) is 53.1 Å². The third-order valence-electron chi connectivity index (χ3n) is 3.51. The van der Waals surface area contributed by atoms with Gasteiger partial charge in [-0.15, -0.1) is 0 Å². The van der Waals surface area contributed by atoms with Crippen LogP contribution >= 0.6 is 15.9 Å². The van der Waals surface area contributed by atoms with E-state index in [1.54, 1.807) is 7.11 Å². The Kier molecular flexibility index (Phi) is 3.94. The summed E-state index contributed by atoms with van der Waals surface area (Å²) in [6.07, 6.45) is 3.89. The van der Waals surface area contributed by atoms with Gasteiger partial charge >= 0.3 is 0 Å². The molecule has 4 nitrogen and oxygen atoms in total. The number of aromatic nitrogens is 2. The molecule has 0 unspecified atom stereocenters. The molecule has 108 valence electrons. The van der Waals surface area contributed by atoms with E-state index >= 15 is 0 Å².